The number of aromatic nitrogens is 3. The average molecular weight is 351 g/mol. The Morgan fingerprint density at radius 1 is 1.12 bits per heavy atom. The summed E-state index contributed by atoms with van der Waals surface area (Å²) in [6.45, 7) is 3.05. The van der Waals surface area contributed by atoms with E-state index in [1.165, 1.54) is 0 Å². The molecule has 1 fully saturated rings. The number of aryl methyl sites for hydroxylation is 1. The van der Waals surface area contributed by atoms with Crippen LogP contribution in [0.25, 0.3) is 21.9 Å². The van der Waals surface area contributed by atoms with Crippen molar-refractivity contribution in [3.63, 3.8) is 0 Å². The zero-order chi connectivity index (χ0) is 19.0. The number of rotatable bonds is 2. The molecule has 3 aromatic rings. The number of nitrogens with zero attached hydrogens (tertiary/aromatic N) is 5. The summed E-state index contributed by atoms with van der Waals surface area (Å²) in [5.41, 5.74) is 1.96. The molecule has 0 saturated carbocycles. The maximum Gasteiger partial charge on any atom is 0.323 e. The van der Waals surface area contributed by atoms with Crippen LogP contribution < -0.4 is 5.32 Å². The van der Waals surface area contributed by atoms with Crippen molar-refractivity contribution in [1.29, 1.82) is 0 Å². The van der Waals surface area contributed by atoms with Gasteiger partial charge in [0.05, 0.1) is 7.57 Å². The Labute approximate surface area is 153 Å². The lowest BCUT2D eigenvalue weighted by atomic mass is 10.1. The van der Waals surface area contributed by atoms with Crippen LogP contribution in [-0.2, 0) is 7.05 Å². The molecule has 1 aliphatic heterocycles. The van der Waals surface area contributed by atoms with E-state index in [4.69, 9.17) is 1.37 Å². The minimum atomic E-state index is -0.202. The van der Waals surface area contributed by atoms with Crippen LogP contribution in [0.15, 0.2) is 42.8 Å². The van der Waals surface area contributed by atoms with Crippen LogP contribution in [0.1, 0.15) is 1.37 Å². The second-order valence-electron chi connectivity index (χ2n) is 6.66. The van der Waals surface area contributed by atoms with Gasteiger partial charge in [0.2, 0.25) is 0 Å². The number of hydrogen-bond acceptors (Lipinski definition) is 4. The standard InChI is InChI=1S/C19H22N6O/c1-23-5-7-25(8-6-23)19(26)22-18-10-16-9-14(3-4-15(16)11-20-18)17-12-21-24(2)13-17/h3-4,9-13H,5-8H2,1-2H3,(H,20,22,26)/i10D. The topological polar surface area (TPSA) is 66.3 Å². The fourth-order valence-corrected chi connectivity index (χ4v) is 3.07. The van der Waals surface area contributed by atoms with E-state index in [9.17, 15) is 4.79 Å². The zero-order valence-electron chi connectivity index (χ0n) is 15.9. The number of hydrogen-bond donors (Lipinski definition) is 1. The zero-order valence-corrected chi connectivity index (χ0v) is 14.9. The Morgan fingerprint density at radius 3 is 2.65 bits per heavy atom. The predicted octanol–water partition coefficient (Wildman–Crippen LogP) is 2.41. The van der Waals surface area contributed by atoms with E-state index < -0.39 is 0 Å². The van der Waals surface area contributed by atoms with Crippen molar-refractivity contribution in [3.8, 4) is 11.1 Å². The van der Waals surface area contributed by atoms with Gasteiger partial charge in [-0.2, -0.15) is 5.10 Å². The third-order valence-electron chi connectivity index (χ3n) is 4.69. The van der Waals surface area contributed by atoms with Crippen LogP contribution in [0, 0.1) is 0 Å². The molecule has 0 bridgehead atoms. The minimum absolute atomic E-state index is 0.202. The molecule has 0 atom stereocenters. The molecular weight excluding hydrogens is 328 g/mol. The summed E-state index contributed by atoms with van der Waals surface area (Å²) in [7, 11) is 3.91. The Hall–Kier alpha value is -2.93. The van der Waals surface area contributed by atoms with Crippen molar-refractivity contribution in [3.05, 3.63) is 42.8 Å². The third-order valence-corrected chi connectivity index (χ3v) is 4.69. The molecule has 7 nitrogen and oxygen atoms in total. The summed E-state index contributed by atoms with van der Waals surface area (Å²) in [6, 6.07) is 5.90. The number of carbonyl (C=O) groups excluding carboxylic acids is 1. The second-order valence-corrected chi connectivity index (χ2v) is 6.66. The first-order chi connectivity index (χ1) is 13.0. The van der Waals surface area contributed by atoms with Gasteiger partial charge in [0.15, 0.2) is 0 Å². The van der Waals surface area contributed by atoms with E-state index in [1.807, 2.05) is 38.5 Å². The molecule has 0 spiro atoms. The molecule has 134 valence electrons. The predicted molar refractivity (Wildman–Crippen MR) is 102 cm³/mol. The lowest BCUT2D eigenvalue weighted by Crippen LogP contribution is -2.48. The highest BCUT2D eigenvalue weighted by Crippen LogP contribution is 2.25. The Bertz CT molecular complexity index is 993. The maximum atomic E-state index is 12.5. The molecule has 26 heavy (non-hydrogen) atoms. The molecule has 0 unspecified atom stereocenters. The molecule has 1 aliphatic rings. The molecular formula is C19H22N6O. The number of amides is 2. The summed E-state index contributed by atoms with van der Waals surface area (Å²) < 4.78 is 10.3. The van der Waals surface area contributed by atoms with Crippen molar-refractivity contribution >= 4 is 22.6 Å². The monoisotopic (exact) mass is 351 g/mol. The van der Waals surface area contributed by atoms with E-state index in [-0.39, 0.29) is 17.9 Å². The molecule has 1 aromatic carbocycles. The normalized spacial score (nSPS) is 15.9. The molecule has 1 saturated heterocycles. The van der Waals surface area contributed by atoms with Crippen LogP contribution in [0.4, 0.5) is 10.6 Å². The van der Waals surface area contributed by atoms with Gasteiger partial charge in [-0.15, -0.1) is 0 Å². The van der Waals surface area contributed by atoms with Crippen molar-refractivity contribution < 1.29 is 6.17 Å². The average Bonchev–Trinajstić information content (AvgIpc) is 3.11. The highest BCUT2D eigenvalue weighted by atomic mass is 16.2. The van der Waals surface area contributed by atoms with Crippen molar-refractivity contribution in [2.75, 3.05) is 38.5 Å². The van der Waals surface area contributed by atoms with Crippen LogP contribution >= 0.6 is 0 Å². The second kappa shape index (κ2) is 6.76. The van der Waals surface area contributed by atoms with Gasteiger partial charge in [0.25, 0.3) is 0 Å². The third kappa shape index (κ3) is 3.39. The largest absolute Gasteiger partial charge is 0.323 e. The van der Waals surface area contributed by atoms with Crippen LogP contribution in [-0.4, -0.2) is 63.8 Å². The molecule has 0 radical (unpaired) electrons. The van der Waals surface area contributed by atoms with Gasteiger partial charge < -0.3 is 9.80 Å². The van der Waals surface area contributed by atoms with Gasteiger partial charge in [0, 0.05) is 56.6 Å². The van der Waals surface area contributed by atoms with Gasteiger partial charge in [0.1, 0.15) is 5.82 Å². The lowest BCUT2D eigenvalue weighted by Gasteiger charge is -2.32. The number of nitrogens with one attached hydrogen (secondary N) is 1. The first-order valence-electron chi connectivity index (χ1n) is 9.14. The van der Waals surface area contributed by atoms with E-state index in [1.54, 1.807) is 22.0 Å². The molecule has 2 aromatic heterocycles. The number of fused-ring (bicyclic) bond motifs is 1. The summed E-state index contributed by atoms with van der Waals surface area (Å²) in [6.07, 6.45) is 5.42. The first kappa shape index (κ1) is 15.3. The molecule has 1 N–H and O–H groups in total. The molecule has 0 aliphatic carbocycles. The van der Waals surface area contributed by atoms with E-state index >= 15 is 0 Å². The van der Waals surface area contributed by atoms with Crippen molar-refractivity contribution in [2.45, 2.75) is 0 Å². The van der Waals surface area contributed by atoms with Crippen LogP contribution in [0.3, 0.4) is 0 Å². The highest BCUT2D eigenvalue weighted by Gasteiger charge is 2.19. The van der Waals surface area contributed by atoms with Crippen molar-refractivity contribution in [2.24, 2.45) is 7.05 Å². The van der Waals surface area contributed by atoms with E-state index in [2.05, 4.69) is 20.3 Å². The lowest BCUT2D eigenvalue weighted by molar-refractivity contribution is 0.164. The fraction of sp³-hybridized carbons (Fsp3) is 0.316. The maximum absolute atomic E-state index is 12.5. The van der Waals surface area contributed by atoms with Gasteiger partial charge in [-0.3, -0.25) is 10.00 Å². The fourth-order valence-electron chi connectivity index (χ4n) is 3.07. The van der Waals surface area contributed by atoms with Crippen LogP contribution in [0.5, 0.6) is 0 Å². The summed E-state index contributed by atoms with van der Waals surface area (Å²) >= 11 is 0. The molecule has 3 heterocycles. The molecule has 7 heteroatoms. The number of anilines is 1. The summed E-state index contributed by atoms with van der Waals surface area (Å²) in [5.74, 6) is 0.287. The van der Waals surface area contributed by atoms with Gasteiger partial charge in [-0.05, 0) is 30.1 Å². The number of piperazine rings is 1. The van der Waals surface area contributed by atoms with Gasteiger partial charge >= 0.3 is 6.03 Å². The Balaban J connectivity index is 1.61. The number of benzene rings is 1. The number of urea groups is 1. The Kier molecular flexibility index (Phi) is 3.99. The number of likely N-dealkylation sites (N-methyl/N-ethyl adjacent to an activating group) is 1. The Morgan fingerprint density at radius 2 is 1.92 bits per heavy atom. The number of pyridine rings is 1. The van der Waals surface area contributed by atoms with Gasteiger partial charge in [-0.25, -0.2) is 9.78 Å². The minimum Gasteiger partial charge on any atom is -0.322 e. The van der Waals surface area contributed by atoms with Crippen molar-refractivity contribution in [1.82, 2.24) is 24.6 Å². The summed E-state index contributed by atoms with van der Waals surface area (Å²) in [5, 5.41) is 8.62. The quantitative estimate of drug-likeness (QED) is 0.770. The molecule has 4 rings (SSSR count). The SMILES string of the molecule is [2H]c1c(NC(=O)N2CCN(C)CC2)ncc2ccc(-c3cnn(C)c3)cc12. The van der Waals surface area contributed by atoms with E-state index in [0.717, 1.165) is 35.0 Å². The van der Waals surface area contributed by atoms with E-state index in [0.29, 0.717) is 13.1 Å². The number of carbonyl (C=O) groups is 1. The van der Waals surface area contributed by atoms with Gasteiger partial charge in [-0.1, -0.05) is 12.1 Å². The van der Waals surface area contributed by atoms with Crippen LogP contribution in [0.2, 0.25) is 0 Å². The summed E-state index contributed by atoms with van der Waals surface area (Å²) in [4.78, 5) is 20.8. The molecule has 2 amide bonds. The highest BCUT2D eigenvalue weighted by molar-refractivity contribution is 5.93. The first-order valence-corrected chi connectivity index (χ1v) is 8.64. The smallest absolute Gasteiger partial charge is 0.322 e.